The van der Waals surface area contributed by atoms with Crippen molar-refractivity contribution in [3.63, 3.8) is 0 Å². The third-order valence-electron chi connectivity index (χ3n) is 4.64. The van der Waals surface area contributed by atoms with Gasteiger partial charge < -0.3 is 14.5 Å². The summed E-state index contributed by atoms with van der Waals surface area (Å²) in [5.74, 6) is -0.775. The van der Waals surface area contributed by atoms with Gasteiger partial charge in [0.2, 0.25) is 10.0 Å². The van der Waals surface area contributed by atoms with Crippen LogP contribution < -0.4 is 10.0 Å². The first-order chi connectivity index (χ1) is 14.1. The van der Waals surface area contributed by atoms with Crippen molar-refractivity contribution < 1.29 is 26.8 Å². The molecule has 1 aromatic heterocycles. The van der Waals surface area contributed by atoms with E-state index in [1.807, 2.05) is 6.92 Å². The third-order valence-corrected chi connectivity index (χ3v) is 5.23. The van der Waals surface area contributed by atoms with E-state index < -0.39 is 21.8 Å². The molecule has 0 aliphatic heterocycles. The Balaban J connectivity index is 2.32. The van der Waals surface area contributed by atoms with Crippen LogP contribution in [0.5, 0.6) is 0 Å². The normalized spacial score (nSPS) is 12.7. The summed E-state index contributed by atoms with van der Waals surface area (Å²) >= 11 is 0. The molecule has 9 heteroatoms. The van der Waals surface area contributed by atoms with Crippen LogP contribution in [0, 0.1) is 5.82 Å². The van der Waals surface area contributed by atoms with E-state index in [1.54, 1.807) is 20.0 Å². The first-order valence-corrected chi connectivity index (χ1v) is 11.2. The van der Waals surface area contributed by atoms with E-state index in [2.05, 4.69) is 10.0 Å². The number of fused-ring (bicyclic) bond motifs is 1. The Morgan fingerprint density at radius 1 is 1.23 bits per heavy atom. The molecular formula is C21H23FN2O5S. The van der Waals surface area contributed by atoms with Gasteiger partial charge in [-0.25, -0.2) is 17.6 Å². The van der Waals surface area contributed by atoms with Gasteiger partial charge in [-0.05, 0) is 56.8 Å². The highest BCUT2D eigenvalue weighted by molar-refractivity contribution is 7.92. The second-order valence-electron chi connectivity index (χ2n) is 6.85. The molecule has 0 aliphatic rings. The van der Waals surface area contributed by atoms with Gasteiger partial charge in [0.1, 0.15) is 22.7 Å². The van der Waals surface area contributed by atoms with Gasteiger partial charge >= 0.3 is 5.97 Å². The number of carbonyl (C=O) groups is 1. The molecule has 0 saturated carbocycles. The van der Waals surface area contributed by atoms with Crippen LogP contribution in [-0.2, 0) is 14.8 Å². The number of esters is 1. The van der Waals surface area contributed by atoms with E-state index in [0.717, 1.165) is 6.26 Å². The molecule has 0 fully saturated rings. The molecule has 0 spiro atoms. The number of halogens is 1. The van der Waals surface area contributed by atoms with E-state index in [-0.39, 0.29) is 24.0 Å². The zero-order chi connectivity index (χ0) is 22.1. The fraction of sp³-hybridized carbons (Fsp3) is 0.286. The summed E-state index contributed by atoms with van der Waals surface area (Å²) in [6.07, 6.45) is 1.06. The first-order valence-electron chi connectivity index (χ1n) is 9.33. The van der Waals surface area contributed by atoms with E-state index in [1.165, 1.54) is 30.3 Å². The van der Waals surface area contributed by atoms with Crippen molar-refractivity contribution in [2.24, 2.45) is 0 Å². The molecular weight excluding hydrogens is 411 g/mol. The summed E-state index contributed by atoms with van der Waals surface area (Å²) < 4.78 is 50.7. The lowest BCUT2D eigenvalue weighted by Gasteiger charge is -2.16. The predicted octanol–water partition coefficient (Wildman–Crippen LogP) is 4.07. The number of ether oxygens (including phenoxy) is 1. The SMILES string of the molecule is CCOC(=O)c1c(-c2ccc(F)cc2)oc2cc(NS(C)(=O)=O)c(C(C)NC)cc12. The minimum Gasteiger partial charge on any atom is -0.462 e. The molecule has 0 saturated heterocycles. The van der Waals surface area contributed by atoms with Crippen LogP contribution in [0.2, 0.25) is 0 Å². The van der Waals surface area contributed by atoms with Gasteiger partial charge in [0.15, 0.2) is 0 Å². The fourth-order valence-corrected chi connectivity index (χ4v) is 3.75. The summed E-state index contributed by atoms with van der Waals surface area (Å²) in [4.78, 5) is 12.8. The van der Waals surface area contributed by atoms with Crippen LogP contribution >= 0.6 is 0 Å². The molecule has 1 atom stereocenters. The lowest BCUT2D eigenvalue weighted by Crippen LogP contribution is -2.17. The van der Waals surface area contributed by atoms with Crippen LogP contribution in [0.25, 0.3) is 22.3 Å². The standard InChI is InChI=1S/C21H23FN2O5S/c1-5-28-21(25)19-16-10-15(12(2)23-3)17(24-30(4,26)27)11-18(16)29-20(19)13-6-8-14(22)9-7-13/h6-12,23-24H,5H2,1-4H3. The van der Waals surface area contributed by atoms with Gasteiger partial charge in [-0.2, -0.15) is 0 Å². The molecule has 160 valence electrons. The molecule has 1 heterocycles. The van der Waals surface area contributed by atoms with Crippen LogP contribution in [0.3, 0.4) is 0 Å². The largest absolute Gasteiger partial charge is 0.462 e. The molecule has 2 N–H and O–H groups in total. The van der Waals surface area contributed by atoms with Crippen molar-refractivity contribution in [2.75, 3.05) is 24.6 Å². The fourth-order valence-electron chi connectivity index (χ4n) is 3.17. The Morgan fingerprint density at radius 3 is 2.47 bits per heavy atom. The highest BCUT2D eigenvalue weighted by atomic mass is 32.2. The lowest BCUT2D eigenvalue weighted by atomic mass is 10.00. The monoisotopic (exact) mass is 434 g/mol. The minimum absolute atomic E-state index is 0.169. The van der Waals surface area contributed by atoms with Crippen LogP contribution in [-0.4, -0.2) is 34.3 Å². The Kier molecular flexibility index (Phi) is 6.14. The average molecular weight is 434 g/mol. The topological polar surface area (TPSA) is 97.6 Å². The number of nitrogens with one attached hydrogen (secondary N) is 2. The van der Waals surface area contributed by atoms with E-state index in [9.17, 15) is 17.6 Å². The van der Waals surface area contributed by atoms with Gasteiger partial charge in [0.05, 0.1) is 18.6 Å². The van der Waals surface area contributed by atoms with Crippen LogP contribution in [0.15, 0.2) is 40.8 Å². The number of hydrogen-bond donors (Lipinski definition) is 2. The molecule has 1 unspecified atom stereocenters. The number of anilines is 1. The van der Waals surface area contributed by atoms with Crippen molar-refractivity contribution in [1.29, 1.82) is 0 Å². The molecule has 0 aliphatic carbocycles. The van der Waals surface area contributed by atoms with Crippen LogP contribution in [0.4, 0.5) is 10.1 Å². The number of benzene rings is 2. The number of sulfonamides is 1. The van der Waals surface area contributed by atoms with Gasteiger partial charge in [-0.15, -0.1) is 0 Å². The quantitative estimate of drug-likeness (QED) is 0.544. The summed E-state index contributed by atoms with van der Waals surface area (Å²) in [7, 11) is -1.81. The van der Waals surface area contributed by atoms with E-state index >= 15 is 0 Å². The maximum Gasteiger partial charge on any atom is 0.342 e. The second kappa shape index (κ2) is 8.45. The van der Waals surface area contributed by atoms with Crippen LogP contribution in [0.1, 0.15) is 35.8 Å². The Hall–Kier alpha value is -2.91. The van der Waals surface area contributed by atoms with E-state index in [4.69, 9.17) is 9.15 Å². The van der Waals surface area contributed by atoms with Gasteiger partial charge in [-0.1, -0.05) is 0 Å². The van der Waals surface area contributed by atoms with E-state index in [0.29, 0.717) is 27.8 Å². The molecule has 7 nitrogen and oxygen atoms in total. The predicted molar refractivity (Wildman–Crippen MR) is 114 cm³/mol. The lowest BCUT2D eigenvalue weighted by molar-refractivity contribution is 0.0528. The molecule has 30 heavy (non-hydrogen) atoms. The summed E-state index contributed by atoms with van der Waals surface area (Å²) in [6.45, 7) is 3.72. The molecule has 3 rings (SSSR count). The Bertz CT molecular complexity index is 1190. The van der Waals surface area contributed by atoms with Crippen molar-refractivity contribution in [1.82, 2.24) is 5.32 Å². The van der Waals surface area contributed by atoms with Gasteiger partial charge in [-0.3, -0.25) is 4.72 Å². The van der Waals surface area contributed by atoms with Gasteiger partial charge in [0, 0.05) is 23.1 Å². The highest BCUT2D eigenvalue weighted by Crippen LogP contribution is 2.38. The first kappa shape index (κ1) is 21.8. The summed E-state index contributed by atoms with van der Waals surface area (Å²) in [5, 5.41) is 3.54. The second-order valence-corrected chi connectivity index (χ2v) is 8.60. The molecule has 0 bridgehead atoms. The minimum atomic E-state index is -3.55. The number of furan rings is 1. The molecule has 2 aromatic carbocycles. The maximum absolute atomic E-state index is 13.4. The highest BCUT2D eigenvalue weighted by Gasteiger charge is 2.26. The Morgan fingerprint density at radius 2 is 1.90 bits per heavy atom. The number of rotatable bonds is 7. The number of carbonyl (C=O) groups excluding carboxylic acids is 1. The maximum atomic E-state index is 13.4. The van der Waals surface area contributed by atoms with Crippen molar-refractivity contribution in [3.8, 4) is 11.3 Å². The average Bonchev–Trinajstić information content (AvgIpc) is 3.04. The summed E-state index contributed by atoms with van der Waals surface area (Å²) in [5.41, 5.74) is 1.97. The zero-order valence-electron chi connectivity index (χ0n) is 17.1. The third kappa shape index (κ3) is 4.47. The van der Waals surface area contributed by atoms with Crippen molar-refractivity contribution in [3.05, 3.63) is 53.3 Å². The molecule has 0 amide bonds. The number of hydrogen-bond acceptors (Lipinski definition) is 6. The molecule has 0 radical (unpaired) electrons. The smallest absolute Gasteiger partial charge is 0.342 e. The van der Waals surface area contributed by atoms with Crippen molar-refractivity contribution in [2.45, 2.75) is 19.9 Å². The van der Waals surface area contributed by atoms with Gasteiger partial charge in [0.25, 0.3) is 0 Å². The van der Waals surface area contributed by atoms with Crippen molar-refractivity contribution >= 4 is 32.6 Å². The zero-order valence-corrected chi connectivity index (χ0v) is 17.9. The Labute approximate surface area is 174 Å². The molecule has 3 aromatic rings. The summed E-state index contributed by atoms with van der Waals surface area (Å²) in [6, 6.07) is 8.55.